The van der Waals surface area contributed by atoms with Crippen LogP contribution in [0.4, 0.5) is 10.2 Å². The van der Waals surface area contributed by atoms with Crippen LogP contribution in [-0.2, 0) is 4.74 Å². The van der Waals surface area contributed by atoms with Crippen LogP contribution in [-0.4, -0.2) is 46.5 Å². The van der Waals surface area contributed by atoms with Crippen molar-refractivity contribution in [1.82, 2.24) is 9.97 Å². The molecule has 1 N–H and O–H groups in total. The smallest absolute Gasteiger partial charge is 0.225 e. The first-order valence-corrected chi connectivity index (χ1v) is 9.51. The van der Waals surface area contributed by atoms with E-state index in [9.17, 15) is 9.50 Å². The highest BCUT2D eigenvalue weighted by Gasteiger charge is 2.42. The molecule has 0 bridgehead atoms. The Hall–Kier alpha value is -0.730. The van der Waals surface area contributed by atoms with Gasteiger partial charge in [-0.1, -0.05) is 11.6 Å². The zero-order valence-corrected chi connectivity index (χ0v) is 16.2. The number of aromatic nitrogens is 2. The normalized spacial score (nSPS) is 22.9. The predicted molar refractivity (Wildman–Crippen MR) is 98.0 cm³/mol. The van der Waals surface area contributed by atoms with Crippen LogP contribution < -0.4 is 4.90 Å². The number of aliphatic hydroxyl groups is 1. The van der Waals surface area contributed by atoms with E-state index in [-0.39, 0.29) is 25.9 Å². The quantitative estimate of drug-likeness (QED) is 0.526. The highest BCUT2D eigenvalue weighted by Crippen LogP contribution is 2.40. The molecule has 2 saturated heterocycles. The molecule has 2 aliphatic rings. The first-order valence-electron chi connectivity index (χ1n) is 7.96. The molecule has 1 atom stereocenters. The third-order valence-electron chi connectivity index (χ3n) is 4.94. The fourth-order valence-electron chi connectivity index (χ4n) is 3.67. The second-order valence-corrected chi connectivity index (χ2v) is 8.08. The maximum absolute atomic E-state index is 14.5. The van der Waals surface area contributed by atoms with Gasteiger partial charge >= 0.3 is 0 Å². The van der Waals surface area contributed by atoms with Crippen molar-refractivity contribution in [3.05, 3.63) is 26.7 Å². The summed E-state index contributed by atoms with van der Waals surface area (Å²) in [7, 11) is 0. The number of fused-ring (bicyclic) bond motifs is 1. The zero-order valence-electron chi connectivity index (χ0n) is 13.1. The van der Waals surface area contributed by atoms with Gasteiger partial charge in [0.05, 0.1) is 27.8 Å². The minimum Gasteiger partial charge on any atom is -0.391 e. The second kappa shape index (κ2) is 6.46. The molecule has 0 radical (unpaired) electrons. The molecular weight excluding hydrogens is 436 g/mol. The van der Waals surface area contributed by atoms with Gasteiger partial charge in [-0.05, 0) is 46.4 Å². The summed E-state index contributed by atoms with van der Waals surface area (Å²) in [5.41, 5.74) is -0.131. The number of aliphatic hydroxyl groups excluding tert-OH is 1. The standard InChI is InChI=1S/C16H15BrCl2FN3O2/c17-11-10(18)5-9-13(12(11)20)21-15(19)22-14(9)23-3-1-16(2-4-23)6-8(24)7-25-16/h5,8,24H,1-4,6-7H2. The molecule has 3 heterocycles. The second-order valence-electron chi connectivity index (χ2n) is 6.54. The lowest BCUT2D eigenvalue weighted by molar-refractivity contribution is -0.0167. The molecule has 134 valence electrons. The third-order valence-corrected chi connectivity index (χ3v) is 6.41. The Morgan fingerprint density at radius 1 is 1.32 bits per heavy atom. The molecule has 1 unspecified atom stereocenters. The Bertz CT molecular complexity index is 846. The van der Waals surface area contributed by atoms with E-state index in [0.717, 1.165) is 12.8 Å². The van der Waals surface area contributed by atoms with E-state index >= 15 is 0 Å². The van der Waals surface area contributed by atoms with Crippen LogP contribution in [0.15, 0.2) is 10.5 Å². The summed E-state index contributed by atoms with van der Waals surface area (Å²) >= 11 is 15.3. The molecule has 2 aromatic rings. The van der Waals surface area contributed by atoms with Crippen LogP contribution in [0.5, 0.6) is 0 Å². The first kappa shape index (κ1) is 17.7. The Labute approximate surface area is 162 Å². The molecule has 2 fully saturated rings. The summed E-state index contributed by atoms with van der Waals surface area (Å²) in [5.74, 6) is 0.0143. The number of ether oxygens (including phenoxy) is 1. The van der Waals surface area contributed by atoms with Gasteiger partial charge in [-0.25, -0.2) is 9.37 Å². The molecule has 2 aliphatic heterocycles. The summed E-state index contributed by atoms with van der Waals surface area (Å²) in [5, 5.41) is 10.5. The topological polar surface area (TPSA) is 58.5 Å². The van der Waals surface area contributed by atoms with Crippen molar-refractivity contribution in [2.24, 2.45) is 0 Å². The monoisotopic (exact) mass is 449 g/mol. The summed E-state index contributed by atoms with van der Waals surface area (Å²) in [4.78, 5) is 10.4. The summed E-state index contributed by atoms with van der Waals surface area (Å²) in [6.07, 6.45) is 1.78. The lowest BCUT2D eigenvalue weighted by Gasteiger charge is -2.39. The fraction of sp³-hybridized carbons (Fsp3) is 0.500. The van der Waals surface area contributed by atoms with Crippen molar-refractivity contribution in [2.45, 2.75) is 31.0 Å². The van der Waals surface area contributed by atoms with Crippen molar-refractivity contribution in [3.63, 3.8) is 0 Å². The van der Waals surface area contributed by atoms with E-state index in [1.54, 1.807) is 6.07 Å². The number of hydrogen-bond acceptors (Lipinski definition) is 5. The number of rotatable bonds is 1. The lowest BCUT2D eigenvalue weighted by Crippen LogP contribution is -2.44. The predicted octanol–water partition coefficient (Wildman–Crippen LogP) is 3.96. The highest BCUT2D eigenvalue weighted by molar-refractivity contribution is 9.10. The summed E-state index contributed by atoms with van der Waals surface area (Å²) in [6, 6.07) is 1.65. The molecule has 4 rings (SSSR count). The Morgan fingerprint density at radius 3 is 2.68 bits per heavy atom. The molecule has 0 amide bonds. The van der Waals surface area contributed by atoms with Gasteiger partial charge in [0, 0.05) is 24.9 Å². The average molecular weight is 451 g/mol. The van der Waals surface area contributed by atoms with Crippen molar-refractivity contribution < 1.29 is 14.2 Å². The van der Waals surface area contributed by atoms with Crippen LogP contribution in [0.3, 0.4) is 0 Å². The Kier molecular flexibility index (Phi) is 4.57. The SMILES string of the molecule is OC1COC2(CCN(c3nc(Cl)nc4c(F)c(Br)c(Cl)cc34)CC2)C1. The van der Waals surface area contributed by atoms with E-state index in [2.05, 4.69) is 25.9 Å². The van der Waals surface area contributed by atoms with Gasteiger partial charge in [0.2, 0.25) is 5.28 Å². The molecule has 1 spiro atoms. The molecule has 5 nitrogen and oxygen atoms in total. The van der Waals surface area contributed by atoms with E-state index in [0.29, 0.717) is 37.3 Å². The van der Waals surface area contributed by atoms with Gasteiger partial charge in [-0.15, -0.1) is 0 Å². The molecule has 0 saturated carbocycles. The average Bonchev–Trinajstić information content (AvgIpc) is 2.94. The van der Waals surface area contributed by atoms with Gasteiger partial charge in [-0.2, -0.15) is 4.98 Å². The minimum atomic E-state index is -0.552. The van der Waals surface area contributed by atoms with Gasteiger partial charge in [0.15, 0.2) is 5.82 Å². The van der Waals surface area contributed by atoms with Crippen LogP contribution in [0.25, 0.3) is 10.9 Å². The fourth-order valence-corrected chi connectivity index (χ4v) is 4.32. The highest BCUT2D eigenvalue weighted by atomic mass is 79.9. The first-order chi connectivity index (χ1) is 11.9. The number of anilines is 1. The lowest BCUT2D eigenvalue weighted by atomic mass is 9.88. The van der Waals surface area contributed by atoms with Gasteiger partial charge in [0.1, 0.15) is 11.3 Å². The zero-order chi connectivity index (χ0) is 17.8. The number of halogens is 4. The van der Waals surface area contributed by atoms with Crippen LogP contribution in [0, 0.1) is 5.82 Å². The number of piperidine rings is 1. The Balaban J connectivity index is 1.70. The molecule has 1 aromatic carbocycles. The maximum atomic E-state index is 14.5. The van der Waals surface area contributed by atoms with Gasteiger partial charge in [0.25, 0.3) is 0 Å². The number of hydrogen-bond donors (Lipinski definition) is 1. The maximum Gasteiger partial charge on any atom is 0.225 e. The van der Waals surface area contributed by atoms with Crippen LogP contribution >= 0.6 is 39.1 Å². The van der Waals surface area contributed by atoms with Crippen molar-refractivity contribution in [1.29, 1.82) is 0 Å². The third kappa shape index (κ3) is 3.10. The minimum absolute atomic E-state index is 0.0107. The van der Waals surface area contributed by atoms with Crippen molar-refractivity contribution in [2.75, 3.05) is 24.6 Å². The van der Waals surface area contributed by atoms with Crippen LogP contribution in [0.2, 0.25) is 10.3 Å². The largest absolute Gasteiger partial charge is 0.391 e. The molecule has 1 aromatic heterocycles. The summed E-state index contributed by atoms with van der Waals surface area (Å²) < 4.78 is 20.5. The molecule has 25 heavy (non-hydrogen) atoms. The number of benzene rings is 1. The van der Waals surface area contributed by atoms with Crippen molar-refractivity contribution >= 4 is 55.9 Å². The van der Waals surface area contributed by atoms with E-state index in [1.807, 2.05) is 4.90 Å². The Morgan fingerprint density at radius 2 is 2.04 bits per heavy atom. The van der Waals surface area contributed by atoms with E-state index in [4.69, 9.17) is 27.9 Å². The van der Waals surface area contributed by atoms with Gasteiger partial charge in [-0.3, -0.25) is 0 Å². The van der Waals surface area contributed by atoms with Gasteiger partial charge < -0.3 is 14.7 Å². The van der Waals surface area contributed by atoms with Crippen LogP contribution in [0.1, 0.15) is 19.3 Å². The van der Waals surface area contributed by atoms with E-state index in [1.165, 1.54) is 0 Å². The molecular formula is C16H15BrCl2FN3O2. The molecule has 0 aliphatic carbocycles. The summed E-state index contributed by atoms with van der Waals surface area (Å²) in [6.45, 7) is 1.73. The van der Waals surface area contributed by atoms with E-state index < -0.39 is 11.9 Å². The molecule has 9 heteroatoms. The van der Waals surface area contributed by atoms with Crippen molar-refractivity contribution in [3.8, 4) is 0 Å². The number of nitrogens with zero attached hydrogens (tertiary/aromatic N) is 3.